The zero-order chi connectivity index (χ0) is 15.5. The molecule has 0 unspecified atom stereocenters. The van der Waals surface area contributed by atoms with Crippen molar-refractivity contribution in [1.82, 2.24) is 15.1 Å². The third-order valence-corrected chi connectivity index (χ3v) is 4.35. The highest BCUT2D eigenvalue weighted by atomic mass is 16.1. The summed E-state index contributed by atoms with van der Waals surface area (Å²) in [6.45, 7) is 2.97. The third-order valence-electron chi connectivity index (χ3n) is 4.35. The Bertz CT molecular complexity index is 650. The van der Waals surface area contributed by atoms with Crippen molar-refractivity contribution in [3.63, 3.8) is 0 Å². The molecule has 0 fully saturated rings. The van der Waals surface area contributed by atoms with Gasteiger partial charge in [-0.05, 0) is 31.7 Å². The largest absolute Gasteiger partial charge is 0.368 e. The molecule has 1 aliphatic carbocycles. The smallest absolute Gasteiger partial charge is 0.239 e. The molecule has 1 aromatic carbocycles. The van der Waals surface area contributed by atoms with Gasteiger partial charge in [0.2, 0.25) is 5.91 Å². The normalized spacial score (nSPS) is 18.7. The van der Waals surface area contributed by atoms with Crippen LogP contribution in [0.3, 0.4) is 0 Å². The third kappa shape index (κ3) is 2.76. The van der Waals surface area contributed by atoms with Gasteiger partial charge in [-0.1, -0.05) is 30.3 Å². The zero-order valence-electron chi connectivity index (χ0n) is 12.8. The number of rotatable bonds is 5. The maximum atomic E-state index is 11.9. The number of primary amides is 1. The summed E-state index contributed by atoms with van der Waals surface area (Å²) in [6, 6.07) is 9.31. The van der Waals surface area contributed by atoms with E-state index in [2.05, 4.69) is 17.3 Å². The van der Waals surface area contributed by atoms with Gasteiger partial charge in [-0.2, -0.15) is 5.10 Å². The number of hydrogen-bond acceptors (Lipinski definition) is 3. The summed E-state index contributed by atoms with van der Waals surface area (Å²) < 4.78 is 2.05. The molecule has 2 atom stereocenters. The lowest BCUT2D eigenvalue weighted by atomic mass is 9.91. The molecule has 1 aliphatic rings. The lowest BCUT2D eigenvalue weighted by molar-refractivity contribution is -0.120. The van der Waals surface area contributed by atoms with Gasteiger partial charge < -0.3 is 5.73 Å². The summed E-state index contributed by atoms with van der Waals surface area (Å²) >= 11 is 0. The second-order valence-electron chi connectivity index (χ2n) is 5.72. The van der Waals surface area contributed by atoms with Gasteiger partial charge in [0, 0.05) is 23.8 Å². The quantitative estimate of drug-likeness (QED) is 0.888. The summed E-state index contributed by atoms with van der Waals surface area (Å²) in [5.74, 6) is -0.346. The van der Waals surface area contributed by atoms with Crippen LogP contribution in [-0.2, 0) is 17.8 Å². The van der Waals surface area contributed by atoms with Crippen molar-refractivity contribution in [3.8, 4) is 0 Å². The second-order valence-corrected chi connectivity index (χ2v) is 5.72. The van der Waals surface area contributed by atoms with Gasteiger partial charge in [0.15, 0.2) is 0 Å². The van der Waals surface area contributed by atoms with Crippen LogP contribution in [0.15, 0.2) is 36.5 Å². The summed E-state index contributed by atoms with van der Waals surface area (Å²) in [7, 11) is 0. The van der Waals surface area contributed by atoms with Crippen LogP contribution in [0.4, 0.5) is 0 Å². The Hall–Kier alpha value is -2.14. The molecular formula is C17H22N4O. The first-order valence-corrected chi connectivity index (χ1v) is 7.85. The number of nitrogens with one attached hydrogen (secondary N) is 1. The first kappa shape index (κ1) is 14.8. The number of nitrogens with two attached hydrogens (primary N) is 1. The summed E-state index contributed by atoms with van der Waals surface area (Å²) in [4.78, 5) is 11.9. The van der Waals surface area contributed by atoms with Crippen LogP contribution in [0, 0.1) is 0 Å². The Labute approximate surface area is 130 Å². The predicted molar refractivity (Wildman–Crippen MR) is 85.1 cm³/mol. The van der Waals surface area contributed by atoms with Gasteiger partial charge in [-0.3, -0.25) is 14.8 Å². The number of benzene rings is 1. The molecule has 3 rings (SSSR count). The molecule has 0 spiro atoms. The monoisotopic (exact) mass is 298 g/mol. The average Bonchev–Trinajstić information content (AvgIpc) is 2.97. The summed E-state index contributed by atoms with van der Waals surface area (Å²) in [5.41, 5.74) is 9.01. The molecule has 5 nitrogen and oxygen atoms in total. The van der Waals surface area contributed by atoms with E-state index in [1.165, 1.54) is 11.3 Å². The van der Waals surface area contributed by atoms with E-state index in [0.717, 1.165) is 31.4 Å². The Balaban J connectivity index is 1.86. The fraction of sp³-hybridized carbons (Fsp3) is 0.412. The molecule has 0 bridgehead atoms. The van der Waals surface area contributed by atoms with E-state index in [9.17, 15) is 4.79 Å². The van der Waals surface area contributed by atoms with Crippen LogP contribution in [0.2, 0.25) is 0 Å². The molecule has 1 amide bonds. The van der Waals surface area contributed by atoms with Crippen molar-refractivity contribution in [2.75, 3.05) is 0 Å². The molecule has 0 radical (unpaired) electrons. The number of fused-ring (bicyclic) bond motifs is 1. The molecule has 22 heavy (non-hydrogen) atoms. The van der Waals surface area contributed by atoms with E-state index in [-0.39, 0.29) is 11.9 Å². The standard InChI is InChI=1S/C17H22N4O/c1-2-21-15-10-6-9-14(13(15)11-19-21)20-16(17(18)22)12-7-4-3-5-8-12/h3-5,7-8,11,14,16,20H,2,6,9-10H2,1H3,(H2,18,22)/t14-,16-/m0/s1. The fourth-order valence-electron chi connectivity index (χ4n) is 3.25. The van der Waals surface area contributed by atoms with Crippen molar-refractivity contribution >= 4 is 5.91 Å². The summed E-state index contributed by atoms with van der Waals surface area (Å²) in [5, 5.41) is 7.89. The topological polar surface area (TPSA) is 72.9 Å². The van der Waals surface area contributed by atoms with Crippen LogP contribution >= 0.6 is 0 Å². The molecule has 0 aliphatic heterocycles. The Morgan fingerprint density at radius 1 is 1.45 bits per heavy atom. The minimum absolute atomic E-state index is 0.127. The van der Waals surface area contributed by atoms with Crippen molar-refractivity contribution in [3.05, 3.63) is 53.3 Å². The van der Waals surface area contributed by atoms with Crippen molar-refractivity contribution < 1.29 is 4.79 Å². The Morgan fingerprint density at radius 3 is 2.91 bits per heavy atom. The van der Waals surface area contributed by atoms with Gasteiger partial charge in [-0.25, -0.2) is 0 Å². The molecular weight excluding hydrogens is 276 g/mol. The van der Waals surface area contributed by atoms with Gasteiger partial charge in [0.1, 0.15) is 6.04 Å². The van der Waals surface area contributed by atoms with Gasteiger partial charge in [0.25, 0.3) is 0 Å². The number of carbonyl (C=O) groups is 1. The first-order chi connectivity index (χ1) is 10.7. The Morgan fingerprint density at radius 2 is 2.23 bits per heavy atom. The fourth-order valence-corrected chi connectivity index (χ4v) is 3.25. The average molecular weight is 298 g/mol. The number of aromatic nitrogens is 2. The maximum Gasteiger partial charge on any atom is 0.239 e. The lowest BCUT2D eigenvalue weighted by Gasteiger charge is -2.28. The first-order valence-electron chi connectivity index (χ1n) is 7.85. The van der Waals surface area contributed by atoms with Crippen molar-refractivity contribution in [2.24, 2.45) is 5.73 Å². The van der Waals surface area contributed by atoms with E-state index in [1.807, 2.05) is 41.2 Å². The van der Waals surface area contributed by atoms with Crippen LogP contribution in [-0.4, -0.2) is 15.7 Å². The van der Waals surface area contributed by atoms with E-state index in [4.69, 9.17) is 5.73 Å². The number of nitrogens with zero attached hydrogens (tertiary/aromatic N) is 2. The van der Waals surface area contributed by atoms with E-state index >= 15 is 0 Å². The lowest BCUT2D eigenvalue weighted by Crippen LogP contribution is -2.37. The highest BCUT2D eigenvalue weighted by molar-refractivity contribution is 5.81. The molecule has 0 saturated carbocycles. The highest BCUT2D eigenvalue weighted by Gasteiger charge is 2.28. The van der Waals surface area contributed by atoms with Gasteiger partial charge >= 0.3 is 0 Å². The van der Waals surface area contributed by atoms with E-state index in [1.54, 1.807) is 0 Å². The number of aryl methyl sites for hydroxylation is 1. The Kier molecular flexibility index (Phi) is 4.24. The van der Waals surface area contributed by atoms with E-state index in [0.29, 0.717) is 0 Å². The van der Waals surface area contributed by atoms with Crippen LogP contribution in [0.25, 0.3) is 0 Å². The highest BCUT2D eigenvalue weighted by Crippen LogP contribution is 2.31. The number of carbonyl (C=O) groups excluding carboxylic acids is 1. The molecule has 5 heteroatoms. The molecule has 1 heterocycles. The number of amides is 1. The minimum Gasteiger partial charge on any atom is -0.368 e. The molecule has 0 saturated heterocycles. The molecule has 116 valence electrons. The van der Waals surface area contributed by atoms with Crippen molar-refractivity contribution in [1.29, 1.82) is 0 Å². The van der Waals surface area contributed by atoms with Crippen LogP contribution in [0.1, 0.15) is 48.7 Å². The molecule has 1 aromatic heterocycles. The van der Waals surface area contributed by atoms with Crippen LogP contribution in [0.5, 0.6) is 0 Å². The van der Waals surface area contributed by atoms with E-state index < -0.39 is 6.04 Å². The summed E-state index contributed by atoms with van der Waals surface area (Å²) in [6.07, 6.45) is 5.07. The van der Waals surface area contributed by atoms with Gasteiger partial charge in [-0.15, -0.1) is 0 Å². The second kappa shape index (κ2) is 6.32. The zero-order valence-corrected chi connectivity index (χ0v) is 12.8. The van der Waals surface area contributed by atoms with Crippen LogP contribution < -0.4 is 11.1 Å². The maximum absolute atomic E-state index is 11.9. The number of hydrogen-bond donors (Lipinski definition) is 2. The molecule has 3 N–H and O–H groups in total. The molecule has 2 aromatic rings. The minimum atomic E-state index is -0.470. The predicted octanol–water partition coefficient (Wildman–Crippen LogP) is 2.10. The van der Waals surface area contributed by atoms with Crippen molar-refractivity contribution in [2.45, 2.75) is 44.8 Å². The van der Waals surface area contributed by atoms with Gasteiger partial charge in [0.05, 0.1) is 6.20 Å². The SMILES string of the molecule is CCn1ncc2c1CCC[C@@H]2N[C@H](C(N)=O)c1ccccc1.